The number of nitrogens with zero attached hydrogens (tertiary/aromatic N) is 2. The van der Waals surface area contributed by atoms with Gasteiger partial charge in [-0.3, -0.25) is 10.1 Å². The van der Waals surface area contributed by atoms with Gasteiger partial charge in [0.05, 0.1) is 17.1 Å². The molecule has 0 amide bonds. The maximum Gasteiger partial charge on any atom is 0.416 e. The normalized spacial score (nSPS) is 20.7. The lowest BCUT2D eigenvalue weighted by Crippen LogP contribution is -2.39. The predicted octanol–water partition coefficient (Wildman–Crippen LogP) is 4.73. The van der Waals surface area contributed by atoms with Crippen LogP contribution in [0.1, 0.15) is 23.5 Å². The van der Waals surface area contributed by atoms with E-state index in [2.05, 4.69) is 4.90 Å². The largest absolute Gasteiger partial charge is 0.493 e. The van der Waals surface area contributed by atoms with Gasteiger partial charge in [-0.25, -0.2) is 0 Å². The van der Waals surface area contributed by atoms with Crippen molar-refractivity contribution in [1.29, 1.82) is 0 Å². The molecule has 28 heavy (non-hydrogen) atoms. The zero-order valence-corrected chi connectivity index (χ0v) is 15.4. The summed E-state index contributed by atoms with van der Waals surface area (Å²) >= 11 is 0. The highest BCUT2D eigenvalue weighted by atomic mass is 19.4. The smallest absolute Gasteiger partial charge is 0.416 e. The molecule has 0 aromatic heterocycles. The molecule has 1 heterocycles. The Balaban J connectivity index is 1.69. The number of hydrogen-bond donors (Lipinski definition) is 0. The highest BCUT2D eigenvalue weighted by molar-refractivity contribution is 5.35. The fraction of sp³-hybridized carbons (Fsp3) is 0.400. The summed E-state index contributed by atoms with van der Waals surface area (Å²) in [6, 6.07) is 11.2. The molecule has 0 radical (unpaired) electrons. The fourth-order valence-corrected chi connectivity index (χ4v) is 3.61. The zero-order chi connectivity index (χ0) is 20.3. The number of piperidine rings is 1. The summed E-state index contributed by atoms with van der Waals surface area (Å²) in [5.41, 5.74) is 0.356. The van der Waals surface area contributed by atoms with E-state index in [4.69, 9.17) is 4.74 Å². The molecule has 5 nitrogen and oxygen atoms in total. The van der Waals surface area contributed by atoms with Gasteiger partial charge in [-0.2, -0.15) is 13.2 Å². The first-order valence-electron chi connectivity index (χ1n) is 8.97. The summed E-state index contributed by atoms with van der Waals surface area (Å²) in [6.07, 6.45) is -3.49. The molecule has 0 N–H and O–H groups in total. The highest BCUT2D eigenvalue weighted by Gasteiger charge is 2.31. The Morgan fingerprint density at radius 1 is 1.14 bits per heavy atom. The van der Waals surface area contributed by atoms with Crippen molar-refractivity contribution >= 4 is 5.69 Å². The second-order valence-electron chi connectivity index (χ2n) is 7.10. The van der Waals surface area contributed by atoms with Crippen molar-refractivity contribution in [3.8, 4) is 5.75 Å². The van der Waals surface area contributed by atoms with Crippen LogP contribution in [-0.4, -0.2) is 36.6 Å². The van der Waals surface area contributed by atoms with Gasteiger partial charge in [-0.05, 0) is 55.8 Å². The van der Waals surface area contributed by atoms with Crippen molar-refractivity contribution in [3.63, 3.8) is 0 Å². The standard InChI is InChI=1S/C20H21F3N2O3/c1-24-11-10-19(14-2-6-17(7-3-14)25(26)27)15(12-24)13-28-18-8-4-16(5-9-18)20(21,22)23/h2-9,15,19H,10-13H2,1H3/t15-,19-/m1/s1. The Hall–Kier alpha value is -2.61. The lowest BCUT2D eigenvalue weighted by Gasteiger charge is -2.37. The quantitative estimate of drug-likeness (QED) is 0.544. The molecule has 0 unspecified atom stereocenters. The van der Waals surface area contributed by atoms with Crippen molar-refractivity contribution in [2.24, 2.45) is 5.92 Å². The van der Waals surface area contributed by atoms with Gasteiger partial charge in [0.15, 0.2) is 0 Å². The molecule has 0 aliphatic carbocycles. The molecule has 1 aliphatic heterocycles. The van der Waals surface area contributed by atoms with Crippen LogP contribution in [0.4, 0.5) is 18.9 Å². The second kappa shape index (κ2) is 8.18. The molecule has 0 spiro atoms. The molecule has 0 saturated carbocycles. The third kappa shape index (κ3) is 4.81. The number of alkyl halides is 3. The van der Waals surface area contributed by atoms with Crippen molar-refractivity contribution in [1.82, 2.24) is 4.90 Å². The van der Waals surface area contributed by atoms with Gasteiger partial charge in [-0.15, -0.1) is 0 Å². The number of likely N-dealkylation sites (tertiary alicyclic amines) is 1. The van der Waals surface area contributed by atoms with Crippen LogP contribution >= 0.6 is 0 Å². The van der Waals surface area contributed by atoms with Gasteiger partial charge >= 0.3 is 6.18 Å². The summed E-state index contributed by atoms with van der Waals surface area (Å²) in [5.74, 6) is 0.692. The van der Waals surface area contributed by atoms with Crippen molar-refractivity contribution in [2.75, 3.05) is 26.7 Å². The Morgan fingerprint density at radius 3 is 2.36 bits per heavy atom. The first-order chi connectivity index (χ1) is 13.2. The van der Waals surface area contributed by atoms with Crippen LogP contribution in [0, 0.1) is 16.0 Å². The average Bonchev–Trinajstić information content (AvgIpc) is 2.66. The molecule has 3 rings (SSSR count). The van der Waals surface area contributed by atoms with Crippen LogP contribution in [0.25, 0.3) is 0 Å². The van der Waals surface area contributed by atoms with Gasteiger partial charge < -0.3 is 9.64 Å². The number of halogens is 3. The number of nitro benzene ring substituents is 1. The Morgan fingerprint density at radius 2 is 1.79 bits per heavy atom. The molecular formula is C20H21F3N2O3. The minimum Gasteiger partial charge on any atom is -0.493 e. The summed E-state index contributed by atoms with van der Waals surface area (Å²) in [5, 5.41) is 10.8. The molecule has 0 bridgehead atoms. The number of ether oxygens (including phenoxy) is 1. The predicted molar refractivity (Wildman–Crippen MR) is 98.4 cm³/mol. The third-order valence-electron chi connectivity index (χ3n) is 5.11. The summed E-state index contributed by atoms with van der Waals surface area (Å²) in [6.45, 7) is 2.04. The summed E-state index contributed by atoms with van der Waals surface area (Å²) < 4.78 is 43.8. The summed E-state index contributed by atoms with van der Waals surface area (Å²) in [4.78, 5) is 12.6. The first-order valence-corrected chi connectivity index (χ1v) is 8.97. The monoisotopic (exact) mass is 394 g/mol. The molecule has 2 aromatic rings. The molecule has 1 saturated heterocycles. The van der Waals surface area contributed by atoms with E-state index in [9.17, 15) is 23.3 Å². The van der Waals surface area contributed by atoms with E-state index in [1.807, 2.05) is 7.05 Å². The Bertz CT molecular complexity index is 807. The lowest BCUT2D eigenvalue weighted by atomic mass is 9.81. The van der Waals surface area contributed by atoms with Crippen LogP contribution in [0.3, 0.4) is 0 Å². The zero-order valence-electron chi connectivity index (χ0n) is 15.4. The number of benzene rings is 2. The van der Waals surface area contributed by atoms with E-state index in [1.54, 1.807) is 12.1 Å². The van der Waals surface area contributed by atoms with Crippen molar-refractivity contribution in [2.45, 2.75) is 18.5 Å². The van der Waals surface area contributed by atoms with Crippen LogP contribution in [0.5, 0.6) is 5.75 Å². The number of non-ortho nitro benzene ring substituents is 1. The molecule has 150 valence electrons. The minimum atomic E-state index is -4.37. The lowest BCUT2D eigenvalue weighted by molar-refractivity contribution is -0.384. The van der Waals surface area contributed by atoms with Gasteiger partial charge in [0, 0.05) is 24.6 Å². The van der Waals surface area contributed by atoms with Gasteiger partial charge in [0.2, 0.25) is 0 Å². The molecule has 2 aromatic carbocycles. The molecule has 1 fully saturated rings. The maximum atomic E-state index is 12.7. The Kier molecular flexibility index (Phi) is 5.88. The van der Waals surface area contributed by atoms with Crippen LogP contribution in [0.2, 0.25) is 0 Å². The SMILES string of the molecule is CN1CC[C@H](c2ccc([N+](=O)[O-])cc2)[C@@H](COc2ccc(C(F)(F)F)cc2)C1. The highest BCUT2D eigenvalue weighted by Crippen LogP contribution is 2.34. The van der Waals surface area contributed by atoms with E-state index in [-0.39, 0.29) is 17.5 Å². The second-order valence-corrected chi connectivity index (χ2v) is 7.10. The molecular weight excluding hydrogens is 373 g/mol. The van der Waals surface area contributed by atoms with Gasteiger partial charge in [0.25, 0.3) is 5.69 Å². The van der Waals surface area contributed by atoms with Gasteiger partial charge in [0.1, 0.15) is 5.75 Å². The van der Waals surface area contributed by atoms with Crippen LogP contribution in [-0.2, 0) is 6.18 Å². The van der Waals surface area contributed by atoms with Crippen molar-refractivity contribution < 1.29 is 22.8 Å². The number of hydrogen-bond acceptors (Lipinski definition) is 4. The maximum absolute atomic E-state index is 12.7. The van der Waals surface area contributed by atoms with Gasteiger partial charge in [-0.1, -0.05) is 12.1 Å². The Labute approximate surface area is 160 Å². The van der Waals surface area contributed by atoms with E-state index >= 15 is 0 Å². The van der Waals surface area contributed by atoms with Crippen LogP contribution < -0.4 is 4.74 Å². The average molecular weight is 394 g/mol. The topological polar surface area (TPSA) is 55.6 Å². The summed E-state index contributed by atoms with van der Waals surface area (Å²) in [7, 11) is 2.01. The fourth-order valence-electron chi connectivity index (χ4n) is 3.61. The van der Waals surface area contributed by atoms with E-state index < -0.39 is 16.7 Å². The van der Waals surface area contributed by atoms with Crippen molar-refractivity contribution in [3.05, 3.63) is 69.8 Å². The van der Waals surface area contributed by atoms with E-state index in [0.29, 0.717) is 12.4 Å². The molecule has 2 atom stereocenters. The molecule has 8 heteroatoms. The van der Waals surface area contributed by atoms with Crippen LogP contribution in [0.15, 0.2) is 48.5 Å². The van der Waals surface area contributed by atoms with E-state index in [0.717, 1.165) is 37.2 Å². The number of nitro groups is 1. The molecule has 1 aliphatic rings. The first kappa shape index (κ1) is 20.1. The minimum absolute atomic E-state index is 0.0502. The van der Waals surface area contributed by atoms with E-state index in [1.165, 1.54) is 24.3 Å². The number of rotatable bonds is 5. The third-order valence-corrected chi connectivity index (χ3v) is 5.11.